The van der Waals surface area contributed by atoms with Crippen LogP contribution in [0.15, 0.2) is 0 Å². The molecule has 0 spiro atoms. The first-order valence-electron chi connectivity index (χ1n) is 7.02. The smallest absolute Gasteiger partial charge is 0.279 e. The molecule has 2 unspecified atom stereocenters. The number of nitrogens with zero attached hydrogens (tertiary/aromatic N) is 1. The second kappa shape index (κ2) is 5.85. The maximum atomic E-state index is 12.2. The van der Waals surface area contributed by atoms with Gasteiger partial charge in [-0.1, -0.05) is 0 Å². The monoisotopic (exact) mass is 309 g/mol. The number of halogens is 1. The molecule has 2 atom stereocenters. The van der Waals surface area contributed by atoms with Crippen molar-refractivity contribution in [1.29, 1.82) is 0 Å². The SMILES string of the molecule is CN(CC1CC1)S(=O)(=O)NC1CC2CCC(C1)N2.Cl. The Labute approximate surface area is 122 Å². The highest BCUT2D eigenvalue weighted by molar-refractivity contribution is 7.87. The number of rotatable bonds is 5. The van der Waals surface area contributed by atoms with Crippen molar-refractivity contribution in [2.45, 2.75) is 56.7 Å². The lowest BCUT2D eigenvalue weighted by molar-refractivity contribution is 0.336. The van der Waals surface area contributed by atoms with Crippen LogP contribution in [-0.4, -0.2) is 44.4 Å². The quantitative estimate of drug-likeness (QED) is 0.792. The maximum Gasteiger partial charge on any atom is 0.279 e. The van der Waals surface area contributed by atoms with Gasteiger partial charge in [0.05, 0.1) is 0 Å². The molecular weight excluding hydrogens is 286 g/mol. The first kappa shape index (κ1) is 15.5. The van der Waals surface area contributed by atoms with E-state index in [2.05, 4.69) is 10.0 Å². The Bertz CT molecular complexity index is 401. The molecule has 3 rings (SSSR count). The first-order valence-corrected chi connectivity index (χ1v) is 8.46. The van der Waals surface area contributed by atoms with Gasteiger partial charge in [0, 0.05) is 31.7 Å². The van der Waals surface area contributed by atoms with Gasteiger partial charge in [-0.25, -0.2) is 0 Å². The van der Waals surface area contributed by atoms with Crippen molar-refractivity contribution in [3.63, 3.8) is 0 Å². The zero-order valence-corrected chi connectivity index (χ0v) is 13.0. The third kappa shape index (κ3) is 3.82. The summed E-state index contributed by atoms with van der Waals surface area (Å²) in [6, 6.07) is 1.16. The minimum absolute atomic E-state index is 0. The van der Waals surface area contributed by atoms with Crippen molar-refractivity contribution >= 4 is 22.6 Å². The second-order valence-electron chi connectivity index (χ2n) is 6.15. The molecule has 0 radical (unpaired) electrons. The van der Waals surface area contributed by atoms with Gasteiger partial charge in [0.15, 0.2) is 0 Å². The average Bonchev–Trinajstić information content (AvgIpc) is 3.03. The Morgan fingerprint density at radius 2 is 1.74 bits per heavy atom. The van der Waals surface area contributed by atoms with Crippen LogP contribution >= 0.6 is 12.4 Å². The fourth-order valence-corrected chi connectivity index (χ4v) is 4.42. The Morgan fingerprint density at radius 3 is 2.26 bits per heavy atom. The molecule has 0 amide bonds. The topological polar surface area (TPSA) is 61.4 Å². The first-order chi connectivity index (χ1) is 8.53. The van der Waals surface area contributed by atoms with Crippen LogP contribution < -0.4 is 10.0 Å². The molecular formula is C12H24ClN3O2S. The number of hydrogen-bond acceptors (Lipinski definition) is 3. The van der Waals surface area contributed by atoms with Crippen molar-refractivity contribution in [3.05, 3.63) is 0 Å². The van der Waals surface area contributed by atoms with Gasteiger partial charge in [-0.15, -0.1) is 12.4 Å². The predicted octanol–water partition coefficient (Wildman–Crippen LogP) is 0.867. The summed E-state index contributed by atoms with van der Waals surface area (Å²) in [6.07, 6.45) is 6.62. The lowest BCUT2D eigenvalue weighted by Gasteiger charge is -2.30. The van der Waals surface area contributed by atoms with Gasteiger partial charge in [0.25, 0.3) is 10.2 Å². The molecule has 112 valence electrons. The van der Waals surface area contributed by atoms with E-state index in [0.29, 0.717) is 24.5 Å². The lowest BCUT2D eigenvalue weighted by atomic mass is 10.0. The van der Waals surface area contributed by atoms with Gasteiger partial charge < -0.3 is 5.32 Å². The molecule has 0 aromatic rings. The van der Waals surface area contributed by atoms with Crippen molar-refractivity contribution < 1.29 is 8.42 Å². The molecule has 2 bridgehead atoms. The summed E-state index contributed by atoms with van der Waals surface area (Å²) in [5.74, 6) is 0.593. The Balaban J connectivity index is 0.00000133. The zero-order chi connectivity index (χ0) is 12.8. The van der Waals surface area contributed by atoms with Crippen LogP contribution in [0.5, 0.6) is 0 Å². The summed E-state index contributed by atoms with van der Waals surface area (Å²) in [5, 5.41) is 3.53. The minimum atomic E-state index is -3.28. The van der Waals surface area contributed by atoms with E-state index in [1.165, 1.54) is 30.0 Å². The standard InChI is InChI=1S/C12H23N3O2S.ClH/c1-15(8-9-2-3-9)18(16,17)14-12-6-10-4-5-11(7-12)13-10;/h9-14H,2-8H2,1H3;1H. The van der Waals surface area contributed by atoms with E-state index in [4.69, 9.17) is 0 Å². The van der Waals surface area contributed by atoms with Gasteiger partial charge in [-0.3, -0.25) is 0 Å². The summed E-state index contributed by atoms with van der Waals surface area (Å²) in [4.78, 5) is 0. The van der Waals surface area contributed by atoms with E-state index in [9.17, 15) is 8.42 Å². The van der Waals surface area contributed by atoms with Crippen LogP contribution in [0.1, 0.15) is 38.5 Å². The minimum Gasteiger partial charge on any atom is -0.311 e. The van der Waals surface area contributed by atoms with Crippen molar-refractivity contribution in [2.24, 2.45) is 5.92 Å². The van der Waals surface area contributed by atoms with Gasteiger partial charge in [-0.05, 0) is 44.4 Å². The van der Waals surface area contributed by atoms with Gasteiger partial charge in [-0.2, -0.15) is 17.4 Å². The fourth-order valence-electron chi connectivity index (χ4n) is 3.22. The molecule has 0 aromatic heterocycles. The van der Waals surface area contributed by atoms with Crippen LogP contribution in [0.2, 0.25) is 0 Å². The molecule has 2 heterocycles. The van der Waals surface area contributed by atoms with Crippen LogP contribution in [0, 0.1) is 5.92 Å². The average molecular weight is 310 g/mol. The third-order valence-corrected chi connectivity index (χ3v) is 6.01. The highest BCUT2D eigenvalue weighted by Crippen LogP contribution is 2.30. The van der Waals surface area contributed by atoms with Gasteiger partial charge in [0.1, 0.15) is 0 Å². The third-order valence-electron chi connectivity index (χ3n) is 4.41. The molecule has 7 heteroatoms. The molecule has 1 saturated carbocycles. The van der Waals surface area contributed by atoms with E-state index in [0.717, 1.165) is 12.8 Å². The molecule has 2 N–H and O–H groups in total. The zero-order valence-electron chi connectivity index (χ0n) is 11.3. The Morgan fingerprint density at radius 1 is 1.16 bits per heavy atom. The van der Waals surface area contributed by atoms with Crippen LogP contribution in [-0.2, 0) is 10.2 Å². The molecule has 19 heavy (non-hydrogen) atoms. The molecule has 2 saturated heterocycles. The number of fused-ring (bicyclic) bond motifs is 2. The van der Waals surface area contributed by atoms with Gasteiger partial charge in [0.2, 0.25) is 0 Å². The molecule has 5 nitrogen and oxygen atoms in total. The van der Waals surface area contributed by atoms with E-state index in [1.807, 2.05) is 0 Å². The van der Waals surface area contributed by atoms with Crippen molar-refractivity contribution in [2.75, 3.05) is 13.6 Å². The van der Waals surface area contributed by atoms with Crippen LogP contribution in [0.3, 0.4) is 0 Å². The van der Waals surface area contributed by atoms with E-state index in [-0.39, 0.29) is 18.4 Å². The van der Waals surface area contributed by atoms with Gasteiger partial charge >= 0.3 is 0 Å². The fraction of sp³-hybridized carbons (Fsp3) is 1.00. The summed E-state index contributed by atoms with van der Waals surface area (Å²) in [5.41, 5.74) is 0. The molecule has 1 aliphatic carbocycles. The summed E-state index contributed by atoms with van der Waals surface area (Å²) >= 11 is 0. The summed E-state index contributed by atoms with van der Waals surface area (Å²) in [6.45, 7) is 0.674. The summed E-state index contributed by atoms with van der Waals surface area (Å²) in [7, 11) is -1.59. The lowest BCUT2D eigenvalue weighted by Crippen LogP contribution is -2.51. The van der Waals surface area contributed by atoms with Crippen molar-refractivity contribution in [1.82, 2.24) is 14.3 Å². The van der Waals surface area contributed by atoms with E-state index in [1.54, 1.807) is 7.05 Å². The van der Waals surface area contributed by atoms with Crippen LogP contribution in [0.25, 0.3) is 0 Å². The molecule has 3 fully saturated rings. The molecule has 2 aliphatic heterocycles. The number of hydrogen-bond donors (Lipinski definition) is 2. The number of piperidine rings is 1. The maximum absolute atomic E-state index is 12.2. The largest absolute Gasteiger partial charge is 0.311 e. The predicted molar refractivity (Wildman–Crippen MR) is 77.6 cm³/mol. The molecule has 0 aromatic carbocycles. The summed E-state index contributed by atoms with van der Waals surface area (Å²) < 4.78 is 28.8. The normalized spacial score (nSPS) is 34.3. The highest BCUT2D eigenvalue weighted by Gasteiger charge is 2.36. The van der Waals surface area contributed by atoms with Crippen LogP contribution in [0.4, 0.5) is 0 Å². The highest BCUT2D eigenvalue weighted by atomic mass is 35.5. The number of nitrogens with one attached hydrogen (secondary N) is 2. The van der Waals surface area contributed by atoms with E-state index >= 15 is 0 Å². The van der Waals surface area contributed by atoms with Crippen molar-refractivity contribution in [3.8, 4) is 0 Å². The molecule has 3 aliphatic rings. The van der Waals surface area contributed by atoms with E-state index < -0.39 is 10.2 Å². The Kier molecular flexibility index (Phi) is 4.78. The second-order valence-corrected chi connectivity index (χ2v) is 7.96. The Hall–Kier alpha value is 0.120.